The van der Waals surface area contributed by atoms with Gasteiger partial charge in [0, 0.05) is 5.41 Å². The van der Waals surface area contributed by atoms with Crippen molar-refractivity contribution in [3.8, 4) is 0 Å². The molecule has 1 aliphatic carbocycles. The highest BCUT2D eigenvalue weighted by atomic mass is 16.3. The lowest BCUT2D eigenvalue weighted by molar-refractivity contribution is -0.122. The highest BCUT2D eigenvalue weighted by Crippen LogP contribution is 2.46. The molecule has 2 rings (SSSR count). The minimum Gasteiger partial charge on any atom is -0.466 e. The fourth-order valence-corrected chi connectivity index (χ4v) is 1.83. The van der Waals surface area contributed by atoms with Gasteiger partial charge in [0.15, 0.2) is 5.78 Å². The average molecular weight is 220 g/mol. The summed E-state index contributed by atoms with van der Waals surface area (Å²) in [5.41, 5.74) is 0.331. The fraction of sp³-hybridized carbons (Fsp3) is 0.538. The number of furan rings is 1. The van der Waals surface area contributed by atoms with Gasteiger partial charge in [-0.2, -0.15) is 0 Å². The summed E-state index contributed by atoms with van der Waals surface area (Å²) in [4.78, 5) is 23.7. The average Bonchev–Trinajstić information content (AvgIpc) is 2.85. The van der Waals surface area contributed by atoms with Crippen LogP contribution in [0.5, 0.6) is 0 Å². The van der Waals surface area contributed by atoms with E-state index >= 15 is 0 Å². The normalized spacial score (nSPS) is 17.2. The molecule has 1 aromatic heterocycles. The molecule has 0 radical (unpaired) electrons. The van der Waals surface area contributed by atoms with Crippen LogP contribution in [0.4, 0.5) is 0 Å². The summed E-state index contributed by atoms with van der Waals surface area (Å²) in [7, 11) is 0. The second-order valence-corrected chi connectivity index (χ2v) is 4.91. The lowest BCUT2D eigenvalue weighted by Gasteiger charge is -2.05. The van der Waals surface area contributed by atoms with Crippen LogP contribution in [0.1, 0.15) is 48.1 Å². The van der Waals surface area contributed by atoms with Crippen LogP contribution in [-0.2, 0) is 4.79 Å². The topological polar surface area (TPSA) is 47.3 Å². The molecule has 0 bridgehead atoms. The molecule has 16 heavy (non-hydrogen) atoms. The maximum absolute atomic E-state index is 11.9. The molecular formula is C13H16O3. The first-order valence-corrected chi connectivity index (χ1v) is 5.56. The molecule has 0 saturated heterocycles. The number of carbonyl (C=O) groups excluding carboxylic acids is 2. The summed E-state index contributed by atoms with van der Waals surface area (Å²) < 4.78 is 5.29. The molecule has 0 aromatic carbocycles. The summed E-state index contributed by atoms with van der Waals surface area (Å²) in [5, 5.41) is 0. The van der Waals surface area contributed by atoms with Crippen LogP contribution in [0.2, 0.25) is 0 Å². The van der Waals surface area contributed by atoms with Gasteiger partial charge in [-0.25, -0.2) is 0 Å². The predicted octanol–water partition coefficient (Wildman–Crippen LogP) is 2.84. The molecule has 0 N–H and O–H groups in total. The van der Waals surface area contributed by atoms with Gasteiger partial charge in [-0.1, -0.05) is 6.92 Å². The van der Waals surface area contributed by atoms with E-state index in [4.69, 9.17) is 4.42 Å². The lowest BCUT2D eigenvalue weighted by Crippen LogP contribution is -2.16. The van der Waals surface area contributed by atoms with E-state index in [0.717, 1.165) is 12.8 Å². The quantitative estimate of drug-likeness (QED) is 0.579. The first kappa shape index (κ1) is 11.1. The minimum atomic E-state index is -0.220. The Hall–Kier alpha value is -1.38. The van der Waals surface area contributed by atoms with Crippen molar-refractivity contribution in [1.29, 1.82) is 0 Å². The van der Waals surface area contributed by atoms with E-state index in [0.29, 0.717) is 17.1 Å². The van der Waals surface area contributed by atoms with E-state index in [1.54, 1.807) is 19.9 Å². The highest BCUT2D eigenvalue weighted by molar-refractivity contribution is 6.10. The number of Topliss-reactive ketones (excluding diaryl/α,β-unsaturated/α-hetero) is 2. The molecule has 3 heteroatoms. The minimum absolute atomic E-state index is 0.0102. The van der Waals surface area contributed by atoms with E-state index in [1.165, 1.54) is 0 Å². The Labute approximate surface area is 94.8 Å². The third-order valence-corrected chi connectivity index (χ3v) is 3.34. The maximum atomic E-state index is 11.9. The van der Waals surface area contributed by atoms with Gasteiger partial charge in [0.25, 0.3) is 0 Å². The van der Waals surface area contributed by atoms with Crippen molar-refractivity contribution < 1.29 is 14.0 Å². The van der Waals surface area contributed by atoms with Crippen LogP contribution in [0.25, 0.3) is 0 Å². The van der Waals surface area contributed by atoms with E-state index < -0.39 is 0 Å². The molecule has 0 unspecified atom stereocenters. The molecule has 1 heterocycles. The molecule has 0 aliphatic heterocycles. The third-order valence-electron chi connectivity index (χ3n) is 3.34. The Morgan fingerprint density at radius 1 is 1.38 bits per heavy atom. The van der Waals surface area contributed by atoms with Crippen LogP contribution in [-0.4, -0.2) is 11.6 Å². The summed E-state index contributed by atoms with van der Waals surface area (Å²) in [6.45, 7) is 5.48. The van der Waals surface area contributed by atoms with E-state index in [1.807, 2.05) is 6.92 Å². The molecule has 3 nitrogen and oxygen atoms in total. The lowest BCUT2D eigenvalue weighted by atomic mass is 9.96. The van der Waals surface area contributed by atoms with Gasteiger partial charge in [0.05, 0.1) is 12.0 Å². The van der Waals surface area contributed by atoms with Crippen molar-refractivity contribution in [3.05, 3.63) is 23.2 Å². The first-order valence-electron chi connectivity index (χ1n) is 5.56. The van der Waals surface area contributed by atoms with Gasteiger partial charge >= 0.3 is 0 Å². The fourth-order valence-electron chi connectivity index (χ4n) is 1.83. The standard InChI is InChI=1S/C13H16O3/c1-8-6-10(9(2)16-8)11(14)7-12(15)13(3)4-5-13/h6H,4-5,7H2,1-3H3. The van der Waals surface area contributed by atoms with Crippen molar-refractivity contribution >= 4 is 11.6 Å². The molecule has 1 fully saturated rings. The van der Waals surface area contributed by atoms with Crippen molar-refractivity contribution in [2.75, 3.05) is 0 Å². The Morgan fingerprint density at radius 3 is 2.44 bits per heavy atom. The van der Waals surface area contributed by atoms with Crippen LogP contribution < -0.4 is 0 Å². The largest absolute Gasteiger partial charge is 0.466 e. The van der Waals surface area contributed by atoms with Crippen LogP contribution in [0, 0.1) is 19.3 Å². The Bertz CT molecular complexity index is 450. The first-order chi connectivity index (χ1) is 7.42. The third kappa shape index (κ3) is 1.94. The number of hydrogen-bond donors (Lipinski definition) is 0. The molecule has 1 saturated carbocycles. The molecule has 1 aromatic rings. The Morgan fingerprint density at radius 2 is 2.00 bits per heavy atom. The van der Waals surface area contributed by atoms with Crippen LogP contribution >= 0.6 is 0 Å². The van der Waals surface area contributed by atoms with Crippen molar-refractivity contribution in [2.45, 2.75) is 40.0 Å². The molecule has 0 spiro atoms. The van der Waals surface area contributed by atoms with Gasteiger partial charge < -0.3 is 4.42 Å². The number of ketones is 2. The van der Waals surface area contributed by atoms with E-state index in [2.05, 4.69) is 0 Å². The second-order valence-electron chi connectivity index (χ2n) is 4.91. The van der Waals surface area contributed by atoms with Gasteiger partial charge in [-0.3, -0.25) is 9.59 Å². The number of carbonyl (C=O) groups is 2. The SMILES string of the molecule is Cc1cc(C(=O)CC(=O)C2(C)CC2)c(C)o1. The van der Waals surface area contributed by atoms with Gasteiger partial charge in [0.1, 0.15) is 17.3 Å². The molecule has 1 aliphatic rings. The number of rotatable bonds is 4. The van der Waals surface area contributed by atoms with Gasteiger partial charge in [-0.15, -0.1) is 0 Å². The van der Waals surface area contributed by atoms with E-state index in [-0.39, 0.29) is 23.4 Å². The van der Waals surface area contributed by atoms with Crippen LogP contribution in [0.3, 0.4) is 0 Å². The van der Waals surface area contributed by atoms with Gasteiger partial charge in [0.2, 0.25) is 0 Å². The Balaban J connectivity index is 2.09. The summed E-state index contributed by atoms with van der Waals surface area (Å²) in [6, 6.07) is 1.71. The summed E-state index contributed by atoms with van der Waals surface area (Å²) >= 11 is 0. The van der Waals surface area contributed by atoms with Crippen molar-refractivity contribution in [1.82, 2.24) is 0 Å². The van der Waals surface area contributed by atoms with Crippen molar-refractivity contribution in [2.24, 2.45) is 5.41 Å². The monoisotopic (exact) mass is 220 g/mol. The predicted molar refractivity (Wildman–Crippen MR) is 59.5 cm³/mol. The summed E-state index contributed by atoms with van der Waals surface area (Å²) in [6.07, 6.45) is 1.85. The summed E-state index contributed by atoms with van der Waals surface area (Å²) in [5.74, 6) is 1.27. The zero-order valence-corrected chi connectivity index (χ0v) is 9.92. The smallest absolute Gasteiger partial charge is 0.173 e. The second kappa shape index (κ2) is 3.58. The molecular weight excluding hydrogens is 204 g/mol. The highest BCUT2D eigenvalue weighted by Gasteiger charge is 2.44. The zero-order chi connectivity index (χ0) is 11.9. The van der Waals surface area contributed by atoms with Crippen molar-refractivity contribution in [3.63, 3.8) is 0 Å². The number of hydrogen-bond acceptors (Lipinski definition) is 3. The maximum Gasteiger partial charge on any atom is 0.173 e. The zero-order valence-electron chi connectivity index (χ0n) is 9.92. The molecule has 0 atom stereocenters. The number of aryl methyl sites for hydroxylation is 2. The molecule has 0 amide bonds. The van der Waals surface area contributed by atoms with E-state index in [9.17, 15) is 9.59 Å². The van der Waals surface area contributed by atoms with Gasteiger partial charge in [-0.05, 0) is 32.8 Å². The Kier molecular flexibility index (Phi) is 2.49. The molecule has 86 valence electrons. The van der Waals surface area contributed by atoms with Crippen LogP contribution in [0.15, 0.2) is 10.5 Å².